The van der Waals surface area contributed by atoms with E-state index in [9.17, 15) is 0 Å². The van der Waals surface area contributed by atoms with Gasteiger partial charge >= 0.3 is 0 Å². The van der Waals surface area contributed by atoms with Crippen LogP contribution in [0, 0.1) is 0 Å². The summed E-state index contributed by atoms with van der Waals surface area (Å²) in [6.07, 6.45) is -0.261. The van der Waals surface area contributed by atoms with Gasteiger partial charge < -0.3 is 18.9 Å². The summed E-state index contributed by atoms with van der Waals surface area (Å²) in [5, 5.41) is 0. The highest BCUT2D eigenvalue weighted by Gasteiger charge is 2.60. The van der Waals surface area contributed by atoms with Crippen LogP contribution < -0.4 is 0 Å². The predicted molar refractivity (Wildman–Crippen MR) is 45.8 cm³/mol. The lowest BCUT2D eigenvalue weighted by atomic mass is 9.92. The summed E-state index contributed by atoms with van der Waals surface area (Å²) in [7, 11) is 8.98. The molecule has 0 spiro atoms. The maximum absolute atomic E-state index is 5.72. The number of hydrogen-bond acceptors (Lipinski definition) is 4. The minimum Gasteiger partial charge on any atom is -0.381 e. The van der Waals surface area contributed by atoms with Crippen molar-refractivity contribution in [1.29, 1.82) is 0 Å². The quantitative estimate of drug-likeness (QED) is 0.544. The van der Waals surface area contributed by atoms with Crippen molar-refractivity contribution in [1.82, 2.24) is 0 Å². The molecule has 5 heteroatoms. The Balaban J connectivity index is 2.17. The number of rotatable bonds is 3. The van der Waals surface area contributed by atoms with E-state index in [0.717, 1.165) is 0 Å². The van der Waals surface area contributed by atoms with Crippen LogP contribution >= 0.6 is 0 Å². The summed E-state index contributed by atoms with van der Waals surface area (Å²) in [5.41, 5.74) is -0.492. The maximum Gasteiger partial charge on any atom is 0.143 e. The van der Waals surface area contributed by atoms with Crippen molar-refractivity contribution in [2.45, 2.75) is 23.8 Å². The molecule has 72 valence electrons. The van der Waals surface area contributed by atoms with Gasteiger partial charge in [-0.1, -0.05) is 0 Å². The number of ether oxygens (including phenoxy) is 4. The molecular formula is C8H13BO4. The second-order valence-electron chi connectivity index (χ2n) is 3.51. The van der Waals surface area contributed by atoms with E-state index in [-0.39, 0.29) is 12.2 Å². The first-order valence-electron chi connectivity index (χ1n) is 4.30. The van der Waals surface area contributed by atoms with Crippen LogP contribution in [0.2, 0.25) is 0 Å². The normalized spacial score (nSPS) is 48.6. The minimum absolute atomic E-state index is 0.109. The van der Waals surface area contributed by atoms with Crippen molar-refractivity contribution in [2.75, 3.05) is 27.4 Å². The molecule has 2 bridgehead atoms. The molecule has 2 radical (unpaired) electrons. The topological polar surface area (TPSA) is 36.9 Å². The molecule has 2 heterocycles. The Morgan fingerprint density at radius 3 is 2.85 bits per heavy atom. The predicted octanol–water partition coefficient (Wildman–Crippen LogP) is -0.690. The van der Waals surface area contributed by atoms with Gasteiger partial charge in [-0.05, 0) is 0 Å². The summed E-state index contributed by atoms with van der Waals surface area (Å²) in [6.45, 7) is 0.952. The fourth-order valence-corrected chi connectivity index (χ4v) is 2.16. The number of fused-ring (bicyclic) bond motifs is 2. The number of methoxy groups -OCH3 is 2. The third kappa shape index (κ3) is 1.22. The molecule has 0 aromatic heterocycles. The lowest BCUT2D eigenvalue weighted by Gasteiger charge is -2.29. The Kier molecular flexibility index (Phi) is 2.36. The first kappa shape index (κ1) is 9.46. The summed E-state index contributed by atoms with van der Waals surface area (Å²) in [4.78, 5) is 0. The van der Waals surface area contributed by atoms with Crippen LogP contribution in [0.15, 0.2) is 0 Å². The van der Waals surface area contributed by atoms with E-state index in [2.05, 4.69) is 0 Å². The molecule has 0 N–H and O–H groups in total. The van der Waals surface area contributed by atoms with Crippen LogP contribution in [0.1, 0.15) is 0 Å². The fourth-order valence-electron chi connectivity index (χ4n) is 2.16. The smallest absolute Gasteiger partial charge is 0.143 e. The third-order valence-corrected chi connectivity index (χ3v) is 2.67. The van der Waals surface area contributed by atoms with Crippen LogP contribution in [0.25, 0.3) is 0 Å². The molecule has 2 fully saturated rings. The zero-order valence-corrected chi connectivity index (χ0v) is 7.86. The second kappa shape index (κ2) is 3.24. The fraction of sp³-hybridized carbons (Fsp3) is 1.00. The van der Waals surface area contributed by atoms with Crippen LogP contribution in [0.3, 0.4) is 0 Å². The van der Waals surface area contributed by atoms with Gasteiger partial charge in [0.05, 0.1) is 13.2 Å². The van der Waals surface area contributed by atoms with Crippen molar-refractivity contribution in [3.63, 3.8) is 0 Å². The first-order chi connectivity index (χ1) is 6.23. The van der Waals surface area contributed by atoms with Gasteiger partial charge in [0, 0.05) is 20.2 Å². The Morgan fingerprint density at radius 1 is 1.54 bits per heavy atom. The molecule has 1 unspecified atom stereocenters. The maximum atomic E-state index is 5.72. The van der Waals surface area contributed by atoms with E-state index < -0.39 is 11.6 Å². The van der Waals surface area contributed by atoms with E-state index >= 15 is 0 Å². The molecule has 2 aliphatic rings. The molecule has 0 aromatic rings. The molecule has 2 rings (SSSR count). The lowest BCUT2D eigenvalue weighted by Crippen LogP contribution is -2.45. The summed E-state index contributed by atoms with van der Waals surface area (Å²) >= 11 is 0. The van der Waals surface area contributed by atoms with Gasteiger partial charge in [0.25, 0.3) is 0 Å². The van der Waals surface area contributed by atoms with Gasteiger partial charge in [-0.2, -0.15) is 0 Å². The molecule has 2 aliphatic heterocycles. The van der Waals surface area contributed by atoms with Gasteiger partial charge in [-0.15, -0.1) is 0 Å². The summed E-state index contributed by atoms with van der Waals surface area (Å²) < 4.78 is 21.5. The van der Waals surface area contributed by atoms with Gasteiger partial charge in [-0.25, -0.2) is 0 Å². The van der Waals surface area contributed by atoms with Gasteiger partial charge in [0.15, 0.2) is 0 Å². The largest absolute Gasteiger partial charge is 0.381 e. The lowest BCUT2D eigenvalue weighted by molar-refractivity contribution is -0.144. The average molecular weight is 184 g/mol. The highest BCUT2D eigenvalue weighted by atomic mass is 16.7. The number of hydrogen-bond donors (Lipinski definition) is 0. The van der Waals surface area contributed by atoms with Crippen molar-refractivity contribution >= 4 is 7.85 Å². The molecule has 2 saturated heterocycles. The molecule has 0 aliphatic carbocycles. The SMILES string of the molecule is [B]C1O[C@]2(COC)CO[C@H]1[C@H]2OC. The van der Waals surface area contributed by atoms with Gasteiger partial charge in [-0.3, -0.25) is 0 Å². The average Bonchev–Trinajstić information content (AvgIpc) is 2.55. The Hall–Kier alpha value is -0.0951. The van der Waals surface area contributed by atoms with Crippen LogP contribution in [0.5, 0.6) is 0 Å². The van der Waals surface area contributed by atoms with Gasteiger partial charge in [0.1, 0.15) is 25.7 Å². The van der Waals surface area contributed by atoms with E-state index in [1.165, 1.54) is 0 Å². The van der Waals surface area contributed by atoms with Crippen molar-refractivity contribution in [3.05, 3.63) is 0 Å². The molecular weight excluding hydrogens is 171 g/mol. The minimum atomic E-state index is -0.492. The van der Waals surface area contributed by atoms with Crippen molar-refractivity contribution < 1.29 is 18.9 Å². The van der Waals surface area contributed by atoms with Crippen LogP contribution in [-0.2, 0) is 18.9 Å². The van der Waals surface area contributed by atoms with Crippen LogP contribution in [0.4, 0.5) is 0 Å². The molecule has 0 aromatic carbocycles. The van der Waals surface area contributed by atoms with Gasteiger partial charge in [0.2, 0.25) is 0 Å². The van der Waals surface area contributed by atoms with Crippen molar-refractivity contribution in [2.24, 2.45) is 0 Å². The van der Waals surface area contributed by atoms with E-state index in [0.29, 0.717) is 13.2 Å². The highest BCUT2D eigenvalue weighted by molar-refractivity contribution is 6.11. The molecule has 0 amide bonds. The van der Waals surface area contributed by atoms with E-state index in [1.54, 1.807) is 14.2 Å². The molecule has 4 atom stereocenters. The Bertz CT molecular complexity index is 201. The van der Waals surface area contributed by atoms with Crippen LogP contribution in [-0.4, -0.2) is 59.1 Å². The van der Waals surface area contributed by atoms with E-state index in [1.807, 2.05) is 0 Å². The molecule has 13 heavy (non-hydrogen) atoms. The second-order valence-corrected chi connectivity index (χ2v) is 3.51. The van der Waals surface area contributed by atoms with Crippen molar-refractivity contribution in [3.8, 4) is 0 Å². The zero-order valence-electron chi connectivity index (χ0n) is 7.86. The van der Waals surface area contributed by atoms with E-state index in [4.69, 9.17) is 26.8 Å². The Labute approximate surface area is 78.9 Å². The highest BCUT2D eigenvalue weighted by Crippen LogP contribution is 2.40. The zero-order chi connectivity index (χ0) is 9.47. The molecule has 4 nitrogen and oxygen atoms in total. The monoisotopic (exact) mass is 184 g/mol. The summed E-state index contributed by atoms with van der Waals surface area (Å²) in [6, 6.07) is -0.395. The summed E-state index contributed by atoms with van der Waals surface area (Å²) in [5.74, 6) is 0. The third-order valence-electron chi connectivity index (χ3n) is 2.67. The first-order valence-corrected chi connectivity index (χ1v) is 4.30. The standard InChI is InChI=1S/C8H13BO4/c1-10-3-8-4-12-5(6(8)11-2)7(9)13-8/h5-7H,3-4H2,1-2H3/t5-,6+,7?,8+/m0/s1. The Morgan fingerprint density at radius 2 is 2.31 bits per heavy atom. The molecule has 0 saturated carbocycles.